The highest BCUT2D eigenvalue weighted by Crippen LogP contribution is 2.41. The second kappa shape index (κ2) is 8.96. The molecule has 0 bridgehead atoms. The summed E-state index contributed by atoms with van der Waals surface area (Å²) in [6.07, 6.45) is 5.23. The van der Waals surface area contributed by atoms with Gasteiger partial charge in [0.25, 0.3) is 11.5 Å². The predicted octanol–water partition coefficient (Wildman–Crippen LogP) is 3.98. The molecule has 1 amide bonds. The monoisotopic (exact) mass is 463 g/mol. The molecule has 1 aliphatic heterocycles. The van der Waals surface area contributed by atoms with Crippen LogP contribution in [-0.2, 0) is 18.4 Å². The van der Waals surface area contributed by atoms with Gasteiger partial charge in [0, 0.05) is 38.5 Å². The number of aryl methyl sites for hydroxylation is 1. The van der Waals surface area contributed by atoms with Crippen LogP contribution in [0, 0.1) is 0 Å². The van der Waals surface area contributed by atoms with Crippen LogP contribution < -0.4 is 10.3 Å². The number of rotatable bonds is 6. The first-order valence-electron chi connectivity index (χ1n) is 11.0. The Bertz CT molecular complexity index is 1380. The maximum Gasteiger partial charge on any atom is 0.268 e. The van der Waals surface area contributed by atoms with Crippen molar-refractivity contribution in [3.8, 4) is 5.75 Å². The molecule has 1 atom stereocenters. The molecule has 170 valence electrons. The van der Waals surface area contributed by atoms with Crippen molar-refractivity contribution in [2.45, 2.75) is 25.5 Å². The van der Waals surface area contributed by atoms with E-state index in [9.17, 15) is 9.59 Å². The summed E-state index contributed by atoms with van der Waals surface area (Å²) in [7, 11) is 3.41. The molecule has 3 aromatic heterocycles. The van der Waals surface area contributed by atoms with E-state index < -0.39 is 0 Å². The fourth-order valence-electron chi connectivity index (χ4n) is 4.55. The molecule has 0 radical (unpaired) electrons. The van der Waals surface area contributed by atoms with E-state index in [0.717, 1.165) is 34.0 Å². The van der Waals surface area contributed by atoms with Gasteiger partial charge in [0.2, 0.25) is 0 Å². The quantitative estimate of drug-likeness (QED) is 0.433. The Balaban J connectivity index is 1.68. The van der Waals surface area contributed by atoms with Crippen LogP contribution in [0.1, 0.15) is 28.1 Å². The Kier molecular flexibility index (Phi) is 5.86. The molecule has 0 saturated carbocycles. The minimum Gasteiger partial charge on any atom is -0.486 e. The zero-order chi connectivity index (χ0) is 22.9. The van der Waals surface area contributed by atoms with Gasteiger partial charge in [0.1, 0.15) is 16.9 Å². The minimum absolute atomic E-state index is 0.0281. The highest BCUT2D eigenvalue weighted by molar-refractivity contribution is 7.22. The molecule has 1 aromatic carbocycles. The van der Waals surface area contributed by atoms with Crippen molar-refractivity contribution >= 4 is 38.2 Å². The molecule has 4 aromatic rings. The predicted molar refractivity (Wildman–Crippen MR) is 129 cm³/mol. The lowest BCUT2D eigenvalue weighted by Crippen LogP contribution is -2.37. The van der Waals surface area contributed by atoms with Crippen molar-refractivity contribution in [3.05, 3.63) is 69.6 Å². The van der Waals surface area contributed by atoms with E-state index in [1.54, 1.807) is 31.1 Å². The molecule has 0 spiro atoms. The number of ether oxygens (including phenoxy) is 2. The Morgan fingerprint density at radius 1 is 1.21 bits per heavy atom. The second-order valence-corrected chi connectivity index (χ2v) is 9.26. The van der Waals surface area contributed by atoms with Crippen LogP contribution in [0.3, 0.4) is 0 Å². The van der Waals surface area contributed by atoms with Gasteiger partial charge in [0.05, 0.1) is 22.9 Å². The fraction of sp³-hybridized carbons (Fsp3) is 0.320. The number of benzene rings is 1. The van der Waals surface area contributed by atoms with Gasteiger partial charge in [-0.25, -0.2) is 0 Å². The first-order chi connectivity index (χ1) is 16.1. The summed E-state index contributed by atoms with van der Waals surface area (Å²) < 4.78 is 14.0. The number of likely N-dealkylation sites (tertiary alicyclic amines) is 1. The highest BCUT2D eigenvalue weighted by atomic mass is 32.1. The highest BCUT2D eigenvalue weighted by Gasteiger charge is 2.34. The largest absolute Gasteiger partial charge is 0.486 e. The molecule has 5 rings (SSSR count). The van der Waals surface area contributed by atoms with Gasteiger partial charge in [-0.2, -0.15) is 0 Å². The fourth-order valence-corrected chi connectivity index (χ4v) is 5.77. The summed E-state index contributed by atoms with van der Waals surface area (Å²) in [5.41, 5.74) is 1.58. The van der Waals surface area contributed by atoms with Crippen LogP contribution in [-0.4, -0.2) is 46.7 Å². The Morgan fingerprint density at radius 2 is 2.00 bits per heavy atom. The Morgan fingerprint density at radius 3 is 2.79 bits per heavy atom. The molecule has 1 fully saturated rings. The van der Waals surface area contributed by atoms with Crippen molar-refractivity contribution in [1.29, 1.82) is 0 Å². The number of pyridine rings is 2. The van der Waals surface area contributed by atoms with Crippen LogP contribution in [0.5, 0.6) is 5.75 Å². The second-order valence-electron chi connectivity index (χ2n) is 8.24. The summed E-state index contributed by atoms with van der Waals surface area (Å²) in [6.45, 7) is 1.41. The van der Waals surface area contributed by atoms with E-state index in [0.29, 0.717) is 29.2 Å². The molecule has 1 aliphatic rings. The van der Waals surface area contributed by atoms with E-state index in [2.05, 4.69) is 4.98 Å². The van der Waals surface area contributed by atoms with Crippen LogP contribution in [0.2, 0.25) is 0 Å². The smallest absolute Gasteiger partial charge is 0.268 e. The summed E-state index contributed by atoms with van der Waals surface area (Å²) in [5, 5.41) is 1.39. The van der Waals surface area contributed by atoms with Gasteiger partial charge in [-0.1, -0.05) is 18.2 Å². The average molecular weight is 464 g/mol. The van der Waals surface area contributed by atoms with Gasteiger partial charge in [-0.05, 0) is 36.6 Å². The summed E-state index contributed by atoms with van der Waals surface area (Å²) in [6, 6.07) is 11.5. The van der Waals surface area contributed by atoms with E-state index in [1.165, 1.54) is 11.3 Å². The van der Waals surface area contributed by atoms with Crippen LogP contribution in [0.4, 0.5) is 0 Å². The van der Waals surface area contributed by atoms with Crippen LogP contribution in [0.25, 0.3) is 21.0 Å². The molecule has 33 heavy (non-hydrogen) atoms. The normalized spacial score (nSPS) is 16.1. The van der Waals surface area contributed by atoms with E-state index in [-0.39, 0.29) is 24.1 Å². The van der Waals surface area contributed by atoms with E-state index in [1.807, 2.05) is 41.3 Å². The number of hydrogen-bond acceptors (Lipinski definition) is 6. The van der Waals surface area contributed by atoms with Crippen LogP contribution in [0.15, 0.2) is 53.6 Å². The molecule has 1 saturated heterocycles. The third-order valence-electron chi connectivity index (χ3n) is 6.22. The molecule has 8 heteroatoms. The van der Waals surface area contributed by atoms with Gasteiger partial charge >= 0.3 is 0 Å². The van der Waals surface area contributed by atoms with Crippen LogP contribution >= 0.6 is 11.3 Å². The topological polar surface area (TPSA) is 73.7 Å². The van der Waals surface area contributed by atoms with E-state index >= 15 is 0 Å². The molecule has 0 aliphatic carbocycles. The molecular weight excluding hydrogens is 438 g/mol. The molecule has 4 heterocycles. The van der Waals surface area contributed by atoms with Crippen molar-refractivity contribution in [2.24, 2.45) is 7.05 Å². The molecule has 1 unspecified atom stereocenters. The lowest BCUT2D eigenvalue weighted by atomic mass is 10.1. The van der Waals surface area contributed by atoms with Crippen molar-refractivity contribution < 1.29 is 14.3 Å². The number of aromatic nitrogens is 2. The first-order valence-corrected chi connectivity index (χ1v) is 11.8. The van der Waals surface area contributed by atoms with Crippen molar-refractivity contribution in [3.63, 3.8) is 0 Å². The standard InChI is InChI=1S/C25H25N3O4S/c1-27-19-8-4-3-7-18(19)22-20(24(27)29)21(32-14-16-9-11-26-12-10-16)23(33-22)25(30)28-13-5-6-17(28)15-31-2/h3-4,7-12,17H,5-6,13-15H2,1-2H3. The maximum absolute atomic E-state index is 13.7. The number of carbonyl (C=O) groups excluding carboxylic acids is 1. The number of fused-ring (bicyclic) bond motifs is 3. The first kappa shape index (κ1) is 21.6. The van der Waals surface area contributed by atoms with Gasteiger partial charge in [0.15, 0.2) is 5.75 Å². The Labute approximate surface area is 195 Å². The lowest BCUT2D eigenvalue weighted by molar-refractivity contribution is 0.0631. The number of hydrogen-bond donors (Lipinski definition) is 0. The summed E-state index contributed by atoms with van der Waals surface area (Å²) in [4.78, 5) is 33.6. The molecule has 7 nitrogen and oxygen atoms in total. The van der Waals surface area contributed by atoms with Gasteiger partial charge < -0.3 is 18.9 Å². The number of thiophene rings is 1. The SMILES string of the molecule is COCC1CCCN1C(=O)c1sc2c(c1OCc1ccncc1)c(=O)n(C)c1ccccc21. The Hall–Kier alpha value is -3.23. The van der Waals surface area contributed by atoms with E-state index in [4.69, 9.17) is 9.47 Å². The van der Waals surface area contributed by atoms with Gasteiger partial charge in [-0.3, -0.25) is 14.6 Å². The minimum atomic E-state index is -0.168. The summed E-state index contributed by atoms with van der Waals surface area (Å²) >= 11 is 1.34. The lowest BCUT2D eigenvalue weighted by Gasteiger charge is -2.24. The number of nitrogens with zero attached hydrogens (tertiary/aromatic N) is 3. The third-order valence-corrected chi connectivity index (χ3v) is 7.41. The number of methoxy groups -OCH3 is 1. The molecular formula is C25H25N3O4S. The third kappa shape index (κ3) is 3.79. The number of amides is 1. The van der Waals surface area contributed by atoms with Gasteiger partial charge in [-0.15, -0.1) is 11.3 Å². The molecule has 0 N–H and O–H groups in total. The zero-order valence-corrected chi connectivity index (χ0v) is 19.4. The number of para-hydroxylation sites is 1. The summed E-state index contributed by atoms with van der Waals surface area (Å²) in [5.74, 6) is 0.262. The van der Waals surface area contributed by atoms with Crippen molar-refractivity contribution in [1.82, 2.24) is 14.5 Å². The number of carbonyl (C=O) groups is 1. The average Bonchev–Trinajstić information content (AvgIpc) is 3.47. The van der Waals surface area contributed by atoms with Crippen molar-refractivity contribution in [2.75, 3.05) is 20.3 Å². The maximum atomic E-state index is 13.7. The zero-order valence-electron chi connectivity index (χ0n) is 18.6.